The highest BCUT2D eigenvalue weighted by Crippen LogP contribution is 2.42. The van der Waals surface area contributed by atoms with Crippen molar-refractivity contribution in [1.29, 1.82) is 0 Å². The molecule has 0 radical (unpaired) electrons. The fourth-order valence-corrected chi connectivity index (χ4v) is 5.02. The maximum Gasteiger partial charge on any atom is 0.412 e. The fourth-order valence-electron chi connectivity index (χ4n) is 4.53. The second-order valence-corrected chi connectivity index (χ2v) is 16.3. The van der Waals surface area contributed by atoms with Crippen LogP contribution >= 0.6 is 44.3 Å². The van der Waals surface area contributed by atoms with E-state index in [4.69, 9.17) is 20.9 Å². The van der Waals surface area contributed by atoms with E-state index in [0.717, 1.165) is 36.8 Å². The fraction of sp³-hybridized carbons (Fsp3) is 0.350. The summed E-state index contributed by atoms with van der Waals surface area (Å²) in [6.07, 6.45) is 3.18. The van der Waals surface area contributed by atoms with Crippen LogP contribution in [0.4, 0.5) is 49.9 Å². The minimum Gasteiger partial charge on any atom is -0.444 e. The first-order chi connectivity index (χ1) is 25.1. The normalized spacial score (nSPS) is 13.2. The lowest BCUT2D eigenvalue weighted by atomic mass is 10.1. The van der Waals surface area contributed by atoms with Crippen LogP contribution in [0, 0.1) is 23.3 Å². The topological polar surface area (TPSA) is 129 Å². The predicted octanol–water partition coefficient (Wildman–Crippen LogP) is 12.9. The number of nitrogens with two attached hydrogens (primary N) is 2. The van der Waals surface area contributed by atoms with Gasteiger partial charge in [0.05, 0.1) is 8.95 Å². The molecular weight excluding hydrogens is 872 g/mol. The van der Waals surface area contributed by atoms with Crippen LogP contribution in [-0.2, 0) is 9.47 Å². The third kappa shape index (κ3) is 18.0. The van der Waals surface area contributed by atoms with Gasteiger partial charge in [-0.05, 0) is 183 Å². The summed E-state index contributed by atoms with van der Waals surface area (Å²) in [4.78, 5) is 22.9. The Morgan fingerprint density at radius 2 is 0.909 bits per heavy atom. The van der Waals surface area contributed by atoms with Gasteiger partial charge in [-0.2, -0.15) is 0 Å². The van der Waals surface area contributed by atoms with E-state index in [1.165, 1.54) is 30.3 Å². The van der Waals surface area contributed by atoms with Gasteiger partial charge in [0, 0.05) is 22.7 Å². The lowest BCUT2D eigenvalue weighted by Gasteiger charge is -2.19. The van der Waals surface area contributed by atoms with Crippen molar-refractivity contribution >= 4 is 79.2 Å². The number of amides is 2. The summed E-state index contributed by atoms with van der Waals surface area (Å²) in [5, 5.41) is 4.97. The maximum absolute atomic E-state index is 13.7. The molecule has 0 aromatic heterocycles. The van der Waals surface area contributed by atoms with Crippen molar-refractivity contribution in [2.24, 2.45) is 0 Å². The molecule has 2 fully saturated rings. The van der Waals surface area contributed by atoms with Crippen LogP contribution in [0.15, 0.2) is 81.7 Å². The summed E-state index contributed by atoms with van der Waals surface area (Å²) >= 11 is 6.02. The highest BCUT2D eigenvalue weighted by molar-refractivity contribution is 9.10. The van der Waals surface area contributed by atoms with Gasteiger partial charge >= 0.3 is 12.2 Å². The van der Waals surface area contributed by atoms with Gasteiger partial charge in [0.25, 0.3) is 0 Å². The molecule has 6 N–H and O–H groups in total. The Labute approximate surface area is 342 Å². The molecule has 2 aliphatic rings. The second-order valence-electron chi connectivity index (χ2n) is 14.6. The second kappa shape index (κ2) is 20.8. The van der Waals surface area contributed by atoms with Crippen molar-refractivity contribution in [3.05, 3.63) is 116 Å². The molecule has 0 spiro atoms. The van der Waals surface area contributed by atoms with Gasteiger partial charge < -0.3 is 20.9 Å². The Morgan fingerprint density at radius 3 is 1.25 bits per heavy atom. The molecule has 6 rings (SSSR count). The van der Waals surface area contributed by atoms with E-state index in [0.29, 0.717) is 43.5 Å². The SMILES string of the molecule is CC(C)(C)OC(=O)Nc1ccc(Br)c(F)c1.CC(C)(C)OC(=O)Nc1ccc(C2CC2)c(F)c1.Cl.Nc1ccc(Br)c(F)c1.Nc1ccc(C2CC2)c(F)c1. The lowest BCUT2D eigenvalue weighted by Crippen LogP contribution is -2.27. The minimum atomic E-state index is -0.603. The van der Waals surface area contributed by atoms with Crippen molar-refractivity contribution in [3.8, 4) is 0 Å². The summed E-state index contributed by atoms with van der Waals surface area (Å²) in [5.41, 5.74) is 12.8. The molecule has 4 aromatic carbocycles. The predicted molar refractivity (Wildman–Crippen MR) is 221 cm³/mol. The summed E-state index contributed by atoms with van der Waals surface area (Å²) < 4.78 is 63.3. The van der Waals surface area contributed by atoms with Crippen LogP contribution in [0.3, 0.4) is 0 Å². The highest BCUT2D eigenvalue weighted by Gasteiger charge is 2.27. The largest absolute Gasteiger partial charge is 0.444 e. The van der Waals surface area contributed by atoms with E-state index >= 15 is 0 Å². The van der Waals surface area contributed by atoms with Crippen molar-refractivity contribution < 1.29 is 36.6 Å². The first kappa shape index (κ1) is 47.1. The van der Waals surface area contributed by atoms with Crippen LogP contribution in [-0.4, -0.2) is 23.4 Å². The molecular formula is C40H47Br2ClF4N4O4. The number of anilines is 4. The van der Waals surface area contributed by atoms with Crippen LogP contribution in [0.1, 0.15) is 90.2 Å². The zero-order chi connectivity index (χ0) is 40.4. The number of rotatable bonds is 4. The first-order valence-electron chi connectivity index (χ1n) is 17.1. The van der Waals surface area contributed by atoms with E-state index in [-0.39, 0.29) is 29.9 Å². The number of hydrogen-bond donors (Lipinski definition) is 4. The smallest absolute Gasteiger partial charge is 0.412 e. The lowest BCUT2D eigenvalue weighted by molar-refractivity contribution is 0.0624. The average molecular weight is 919 g/mol. The van der Waals surface area contributed by atoms with E-state index in [1.807, 2.05) is 0 Å². The standard InChI is InChI=1S/C14H18FNO2.C11H13BrFNO2.C9H10FN.C6H5BrFN.ClH/c1-14(2,3)18-13(17)16-10-6-7-11(9-4-5-9)12(15)8-10;1-11(2,3)16-10(15)14-7-4-5-8(12)9(13)6-7;10-9-5-7(11)3-4-8(9)6-1-2-6;7-5-2-1-4(9)3-6(5)8;/h6-9H,4-5H2,1-3H3,(H,16,17);4-6H,1-3H3,(H,14,15);3-6H,1-2,11H2;1-3H,9H2;1H. The monoisotopic (exact) mass is 916 g/mol. The molecule has 4 aromatic rings. The molecule has 0 atom stereocenters. The highest BCUT2D eigenvalue weighted by atomic mass is 79.9. The zero-order valence-electron chi connectivity index (χ0n) is 31.4. The van der Waals surface area contributed by atoms with Crippen molar-refractivity contribution in [3.63, 3.8) is 0 Å². The number of halogens is 7. The number of nitrogen functional groups attached to an aromatic ring is 2. The molecule has 0 saturated heterocycles. The average Bonchev–Trinajstić information content (AvgIpc) is 3.96. The molecule has 0 heterocycles. The molecule has 2 amide bonds. The van der Waals surface area contributed by atoms with Crippen molar-refractivity contribution in [2.75, 3.05) is 22.1 Å². The van der Waals surface area contributed by atoms with E-state index < -0.39 is 29.2 Å². The molecule has 15 heteroatoms. The molecule has 0 unspecified atom stereocenters. The number of benzene rings is 4. The third-order valence-corrected chi connectivity index (χ3v) is 8.50. The number of hydrogen-bond acceptors (Lipinski definition) is 6. The van der Waals surface area contributed by atoms with Gasteiger partial charge in [-0.25, -0.2) is 27.2 Å². The first-order valence-corrected chi connectivity index (χ1v) is 18.7. The molecule has 0 bridgehead atoms. The Balaban J connectivity index is 0.000000260. The van der Waals surface area contributed by atoms with Gasteiger partial charge in [0.15, 0.2) is 0 Å². The van der Waals surface area contributed by atoms with Gasteiger partial charge in [-0.1, -0.05) is 12.1 Å². The maximum atomic E-state index is 13.7. The summed E-state index contributed by atoms with van der Waals surface area (Å²) in [7, 11) is 0. The van der Waals surface area contributed by atoms with Gasteiger partial charge in [0.1, 0.15) is 34.5 Å². The van der Waals surface area contributed by atoms with Crippen molar-refractivity contribution in [2.45, 2.75) is 90.3 Å². The van der Waals surface area contributed by atoms with E-state index in [2.05, 4.69) is 42.5 Å². The summed E-state index contributed by atoms with van der Waals surface area (Å²) in [6.45, 7) is 10.6. The van der Waals surface area contributed by atoms with Crippen LogP contribution in [0.5, 0.6) is 0 Å². The van der Waals surface area contributed by atoms with Crippen LogP contribution < -0.4 is 22.1 Å². The Kier molecular flexibility index (Phi) is 17.8. The Bertz CT molecular complexity index is 1920. The van der Waals surface area contributed by atoms with Crippen molar-refractivity contribution in [1.82, 2.24) is 0 Å². The minimum absolute atomic E-state index is 0. The Morgan fingerprint density at radius 1 is 0.582 bits per heavy atom. The molecule has 2 aliphatic carbocycles. The van der Waals surface area contributed by atoms with E-state index in [1.54, 1.807) is 84.0 Å². The molecule has 8 nitrogen and oxygen atoms in total. The Hall–Kier alpha value is -4.01. The molecule has 0 aliphatic heterocycles. The molecule has 300 valence electrons. The number of carbonyl (C=O) groups is 2. The zero-order valence-corrected chi connectivity index (χ0v) is 35.4. The molecule has 2 saturated carbocycles. The quantitative estimate of drug-likeness (QED) is 0.119. The summed E-state index contributed by atoms with van der Waals surface area (Å²) in [5.74, 6) is -0.335. The number of ether oxygens (including phenoxy) is 2. The number of nitrogens with one attached hydrogen (secondary N) is 2. The van der Waals surface area contributed by atoms with Crippen LogP contribution in [0.2, 0.25) is 0 Å². The van der Waals surface area contributed by atoms with Crippen LogP contribution in [0.25, 0.3) is 0 Å². The van der Waals surface area contributed by atoms with Gasteiger partial charge in [-0.15, -0.1) is 12.4 Å². The van der Waals surface area contributed by atoms with Gasteiger partial charge in [-0.3, -0.25) is 10.6 Å². The molecule has 55 heavy (non-hydrogen) atoms. The van der Waals surface area contributed by atoms with Gasteiger partial charge in [0.2, 0.25) is 0 Å². The third-order valence-electron chi connectivity index (χ3n) is 7.21. The van der Waals surface area contributed by atoms with E-state index in [9.17, 15) is 27.2 Å². The number of carbonyl (C=O) groups excluding carboxylic acids is 2. The summed E-state index contributed by atoms with van der Waals surface area (Å²) in [6, 6.07) is 18.5.